The Morgan fingerprint density at radius 3 is 2.81 bits per heavy atom. The number of ether oxygens (including phenoxy) is 1. The Morgan fingerprint density at radius 2 is 2.19 bits per heavy atom. The number of methoxy groups -OCH3 is 1. The van der Waals surface area contributed by atoms with Crippen molar-refractivity contribution in [1.29, 1.82) is 0 Å². The molecule has 0 fully saturated rings. The van der Waals surface area contributed by atoms with Crippen LogP contribution in [0.25, 0.3) is 0 Å². The summed E-state index contributed by atoms with van der Waals surface area (Å²) in [4.78, 5) is 11.3. The fourth-order valence-corrected chi connectivity index (χ4v) is 3.28. The minimum atomic E-state index is -0.189. The van der Waals surface area contributed by atoms with Gasteiger partial charge in [-0.15, -0.1) is 35.3 Å². The number of halogens is 2. The molecule has 1 atom stereocenters. The van der Waals surface area contributed by atoms with E-state index in [1.54, 1.807) is 31.4 Å². The van der Waals surface area contributed by atoms with Gasteiger partial charge in [0.2, 0.25) is 0 Å². The highest BCUT2D eigenvalue weighted by molar-refractivity contribution is 14.0. The van der Waals surface area contributed by atoms with Crippen LogP contribution < -0.4 is 5.32 Å². The summed E-state index contributed by atoms with van der Waals surface area (Å²) in [5.41, 5.74) is 2.61. The summed E-state index contributed by atoms with van der Waals surface area (Å²) in [6, 6.07) is 5.10. The Hall–Kier alpha value is -1.26. The van der Waals surface area contributed by atoms with Crippen LogP contribution in [-0.2, 0) is 17.8 Å². The van der Waals surface area contributed by atoms with Gasteiger partial charge in [0.25, 0.3) is 0 Å². The zero-order chi connectivity index (χ0) is 19.1. The first-order valence-electron chi connectivity index (χ1n) is 8.66. The van der Waals surface area contributed by atoms with Crippen molar-refractivity contribution in [2.45, 2.75) is 40.0 Å². The van der Waals surface area contributed by atoms with Gasteiger partial charge in [0.05, 0.1) is 18.8 Å². The molecule has 1 aromatic heterocycles. The maximum absolute atomic E-state index is 13.4. The summed E-state index contributed by atoms with van der Waals surface area (Å²) in [5, 5.41) is 6.31. The van der Waals surface area contributed by atoms with Gasteiger partial charge in [0, 0.05) is 26.1 Å². The predicted molar refractivity (Wildman–Crippen MR) is 120 cm³/mol. The molecular weight excluding hydrogens is 478 g/mol. The molecule has 0 aliphatic carbocycles. The van der Waals surface area contributed by atoms with Gasteiger partial charge < -0.3 is 15.0 Å². The van der Waals surface area contributed by atoms with Gasteiger partial charge >= 0.3 is 0 Å². The molecule has 0 saturated heterocycles. The number of nitrogens with one attached hydrogen (secondary N) is 1. The molecule has 0 amide bonds. The van der Waals surface area contributed by atoms with Crippen LogP contribution in [0.15, 0.2) is 28.6 Å². The minimum Gasteiger partial charge on any atom is -0.375 e. The van der Waals surface area contributed by atoms with Gasteiger partial charge in [-0.05, 0) is 38.0 Å². The first kappa shape index (κ1) is 23.8. The Bertz CT molecular complexity index is 753. The lowest BCUT2D eigenvalue weighted by Crippen LogP contribution is -2.38. The van der Waals surface area contributed by atoms with Crippen molar-refractivity contribution in [2.24, 2.45) is 4.99 Å². The molecule has 0 aliphatic heterocycles. The van der Waals surface area contributed by atoms with Gasteiger partial charge in [0.1, 0.15) is 16.9 Å². The van der Waals surface area contributed by atoms with E-state index >= 15 is 0 Å². The lowest BCUT2D eigenvalue weighted by Gasteiger charge is -2.21. The molecule has 5 nitrogen and oxygen atoms in total. The van der Waals surface area contributed by atoms with Gasteiger partial charge in [0.15, 0.2) is 5.96 Å². The lowest BCUT2D eigenvalue weighted by atomic mass is 10.1. The standard InChI is InChI=1S/C19H27FN4OS.HI/c1-6-21-19(22-10-15-7-8-17(20)13(2)9-15)24(4)11-16-12-26-18(23-16)14(3)25-5;/h7-9,12,14H,6,10-11H2,1-5H3,(H,21,22);1H. The quantitative estimate of drug-likeness (QED) is 0.341. The first-order valence-corrected chi connectivity index (χ1v) is 9.54. The molecule has 150 valence electrons. The predicted octanol–water partition coefficient (Wildman–Crippen LogP) is 4.51. The van der Waals surface area contributed by atoms with E-state index in [1.165, 1.54) is 6.07 Å². The Labute approximate surface area is 182 Å². The molecule has 0 aliphatic rings. The lowest BCUT2D eigenvalue weighted by molar-refractivity contribution is 0.119. The fraction of sp³-hybridized carbons (Fsp3) is 0.474. The monoisotopic (exact) mass is 506 g/mol. The van der Waals surface area contributed by atoms with Gasteiger partial charge in [-0.25, -0.2) is 14.4 Å². The number of thiazole rings is 1. The number of aliphatic imine (C=N–C) groups is 1. The zero-order valence-corrected chi connectivity index (χ0v) is 19.6. The molecule has 0 saturated carbocycles. The summed E-state index contributed by atoms with van der Waals surface area (Å²) in [6.07, 6.45) is 0.00248. The summed E-state index contributed by atoms with van der Waals surface area (Å²) in [5.74, 6) is 0.607. The molecule has 0 bridgehead atoms. The smallest absolute Gasteiger partial charge is 0.194 e. The van der Waals surface area contributed by atoms with Gasteiger partial charge in [-0.2, -0.15) is 0 Å². The third-order valence-corrected chi connectivity index (χ3v) is 5.05. The topological polar surface area (TPSA) is 49.8 Å². The van der Waals surface area contributed by atoms with Crippen LogP contribution in [0.4, 0.5) is 4.39 Å². The van der Waals surface area contributed by atoms with Crippen molar-refractivity contribution in [1.82, 2.24) is 15.2 Å². The summed E-state index contributed by atoms with van der Waals surface area (Å²) >= 11 is 1.60. The highest BCUT2D eigenvalue weighted by Crippen LogP contribution is 2.21. The average Bonchev–Trinajstić information content (AvgIpc) is 3.09. The van der Waals surface area contributed by atoms with E-state index in [1.807, 2.05) is 37.2 Å². The number of guanidine groups is 1. The van der Waals surface area contributed by atoms with Crippen LogP contribution in [0.5, 0.6) is 0 Å². The molecule has 8 heteroatoms. The van der Waals surface area contributed by atoms with E-state index in [9.17, 15) is 4.39 Å². The fourth-order valence-electron chi connectivity index (χ4n) is 2.44. The first-order chi connectivity index (χ1) is 12.4. The number of benzene rings is 1. The Kier molecular flexibility index (Phi) is 10.2. The van der Waals surface area contributed by atoms with E-state index in [0.717, 1.165) is 28.8 Å². The molecule has 1 unspecified atom stereocenters. The van der Waals surface area contributed by atoms with Gasteiger partial charge in [-0.3, -0.25) is 0 Å². The summed E-state index contributed by atoms with van der Waals surface area (Å²) in [6.45, 7) is 7.71. The van der Waals surface area contributed by atoms with Crippen LogP contribution in [-0.4, -0.2) is 36.5 Å². The molecular formula is C19H28FIN4OS. The van der Waals surface area contributed by atoms with Crippen LogP contribution in [0.1, 0.15) is 41.8 Å². The highest BCUT2D eigenvalue weighted by atomic mass is 127. The van der Waals surface area contributed by atoms with Crippen LogP contribution in [0, 0.1) is 12.7 Å². The second-order valence-electron chi connectivity index (χ2n) is 6.16. The van der Waals surface area contributed by atoms with Crippen molar-refractivity contribution < 1.29 is 9.13 Å². The molecule has 0 spiro atoms. The maximum atomic E-state index is 13.4. The zero-order valence-electron chi connectivity index (χ0n) is 16.5. The Morgan fingerprint density at radius 1 is 1.44 bits per heavy atom. The van der Waals surface area contributed by atoms with E-state index in [4.69, 9.17) is 4.74 Å². The SMILES string of the molecule is CCNC(=NCc1ccc(F)c(C)c1)N(C)Cc1csc(C(C)OC)n1.I. The summed E-state index contributed by atoms with van der Waals surface area (Å²) < 4.78 is 18.7. The van der Waals surface area contributed by atoms with Crippen molar-refractivity contribution in [2.75, 3.05) is 20.7 Å². The van der Waals surface area contributed by atoms with Crippen LogP contribution in [0.2, 0.25) is 0 Å². The van der Waals surface area contributed by atoms with E-state index in [0.29, 0.717) is 18.7 Å². The molecule has 1 heterocycles. The number of hydrogen-bond donors (Lipinski definition) is 1. The molecule has 2 rings (SSSR count). The number of aryl methyl sites for hydroxylation is 1. The molecule has 1 aromatic carbocycles. The third kappa shape index (κ3) is 7.00. The second-order valence-corrected chi connectivity index (χ2v) is 7.05. The Balaban J connectivity index is 0.00000364. The normalized spacial score (nSPS) is 12.4. The largest absolute Gasteiger partial charge is 0.375 e. The van der Waals surface area contributed by atoms with Crippen LogP contribution >= 0.6 is 35.3 Å². The van der Waals surface area contributed by atoms with Crippen molar-refractivity contribution in [3.8, 4) is 0 Å². The molecule has 0 radical (unpaired) electrons. The molecule has 1 N–H and O–H groups in total. The second kappa shape index (κ2) is 11.6. The third-order valence-electron chi connectivity index (χ3n) is 4.00. The van der Waals surface area contributed by atoms with Crippen molar-refractivity contribution in [3.63, 3.8) is 0 Å². The van der Waals surface area contributed by atoms with E-state index < -0.39 is 0 Å². The van der Waals surface area contributed by atoms with Gasteiger partial charge in [-0.1, -0.05) is 12.1 Å². The number of aromatic nitrogens is 1. The maximum Gasteiger partial charge on any atom is 0.194 e. The molecule has 27 heavy (non-hydrogen) atoms. The highest BCUT2D eigenvalue weighted by Gasteiger charge is 2.12. The van der Waals surface area contributed by atoms with Crippen molar-refractivity contribution in [3.05, 3.63) is 51.2 Å². The minimum absolute atomic E-state index is 0. The number of nitrogens with zero attached hydrogens (tertiary/aromatic N) is 3. The van der Waals surface area contributed by atoms with Crippen LogP contribution in [0.3, 0.4) is 0 Å². The van der Waals surface area contributed by atoms with Crippen molar-refractivity contribution >= 4 is 41.3 Å². The van der Waals surface area contributed by atoms with E-state index in [-0.39, 0.29) is 35.9 Å². The average molecular weight is 506 g/mol. The van der Waals surface area contributed by atoms with E-state index in [2.05, 4.69) is 15.3 Å². The number of rotatable bonds is 7. The molecule has 2 aromatic rings. The summed E-state index contributed by atoms with van der Waals surface area (Å²) in [7, 11) is 3.67. The number of hydrogen-bond acceptors (Lipinski definition) is 4.